The molecule has 5 heteroatoms. The molecular formula is C21H22O5. The Morgan fingerprint density at radius 1 is 1.12 bits per heavy atom. The van der Waals surface area contributed by atoms with Crippen molar-refractivity contribution in [3.05, 3.63) is 64.7 Å². The number of ether oxygens (including phenoxy) is 1. The quantitative estimate of drug-likeness (QED) is 0.580. The molecule has 0 aliphatic heterocycles. The average molecular weight is 354 g/mol. The summed E-state index contributed by atoms with van der Waals surface area (Å²) in [5.41, 5.74) is 3.46. The molecule has 26 heavy (non-hydrogen) atoms. The van der Waals surface area contributed by atoms with Gasteiger partial charge in [0.05, 0.1) is 0 Å². The van der Waals surface area contributed by atoms with Crippen LogP contribution in [0.3, 0.4) is 0 Å². The highest BCUT2D eigenvalue weighted by Crippen LogP contribution is 2.40. The van der Waals surface area contributed by atoms with E-state index in [2.05, 4.69) is 6.58 Å². The summed E-state index contributed by atoms with van der Waals surface area (Å²) in [6, 6.07) is 8.23. The summed E-state index contributed by atoms with van der Waals surface area (Å²) in [7, 11) is 0. The van der Waals surface area contributed by atoms with Crippen LogP contribution in [0.2, 0.25) is 0 Å². The highest BCUT2D eigenvalue weighted by atomic mass is 16.5. The molecule has 0 radical (unpaired) electrons. The zero-order valence-corrected chi connectivity index (χ0v) is 14.8. The maximum Gasteiger partial charge on any atom is 0.333 e. The molecule has 0 saturated heterocycles. The molecule has 2 unspecified atom stereocenters. The van der Waals surface area contributed by atoms with E-state index in [0.29, 0.717) is 24.0 Å². The van der Waals surface area contributed by atoms with Crippen molar-refractivity contribution in [1.82, 2.24) is 0 Å². The second kappa shape index (κ2) is 6.75. The number of aryl methyl sites for hydroxylation is 1. The third-order valence-electron chi connectivity index (χ3n) is 4.85. The summed E-state index contributed by atoms with van der Waals surface area (Å²) in [5, 5.41) is 29.8. The van der Waals surface area contributed by atoms with Crippen LogP contribution >= 0.6 is 0 Å². The van der Waals surface area contributed by atoms with E-state index in [4.69, 9.17) is 4.74 Å². The number of carbonyl (C=O) groups is 1. The van der Waals surface area contributed by atoms with Crippen LogP contribution in [0.15, 0.2) is 42.5 Å². The van der Waals surface area contributed by atoms with Gasteiger partial charge >= 0.3 is 5.97 Å². The van der Waals surface area contributed by atoms with E-state index in [9.17, 15) is 20.1 Å². The molecule has 2 aromatic carbocycles. The lowest BCUT2D eigenvalue weighted by molar-refractivity contribution is -0.145. The molecule has 2 atom stereocenters. The molecule has 136 valence electrons. The van der Waals surface area contributed by atoms with Crippen molar-refractivity contribution in [3.8, 4) is 17.2 Å². The second-order valence-electron chi connectivity index (χ2n) is 6.89. The van der Waals surface area contributed by atoms with Gasteiger partial charge in [-0.25, -0.2) is 4.79 Å². The number of phenolic OH excluding ortho intramolecular Hbond substituents is 3. The Bertz CT molecular complexity index is 884. The van der Waals surface area contributed by atoms with Crippen LogP contribution in [0.1, 0.15) is 35.1 Å². The maximum atomic E-state index is 12.1. The number of hydrogen-bond donors (Lipinski definition) is 3. The van der Waals surface area contributed by atoms with E-state index in [0.717, 1.165) is 16.7 Å². The first-order valence-corrected chi connectivity index (χ1v) is 8.46. The largest absolute Gasteiger partial charge is 0.508 e. The SMILES string of the molecule is C=C(C)C(=O)OC1Cc2c(O)cc(O)cc2CC1c1ccc(O)c(C)c1. The fourth-order valence-corrected chi connectivity index (χ4v) is 3.43. The molecule has 0 fully saturated rings. The third-order valence-corrected chi connectivity index (χ3v) is 4.85. The number of rotatable bonds is 3. The van der Waals surface area contributed by atoms with Crippen molar-refractivity contribution < 1.29 is 24.9 Å². The van der Waals surface area contributed by atoms with Gasteiger partial charge in [0.2, 0.25) is 0 Å². The Hall–Kier alpha value is -2.95. The highest BCUT2D eigenvalue weighted by molar-refractivity contribution is 5.87. The van der Waals surface area contributed by atoms with Crippen molar-refractivity contribution in [2.24, 2.45) is 0 Å². The molecule has 0 saturated carbocycles. The summed E-state index contributed by atoms with van der Waals surface area (Å²) in [4.78, 5) is 12.1. The minimum Gasteiger partial charge on any atom is -0.508 e. The summed E-state index contributed by atoms with van der Waals surface area (Å²) < 4.78 is 5.66. The number of esters is 1. The predicted molar refractivity (Wildman–Crippen MR) is 97.5 cm³/mol. The van der Waals surface area contributed by atoms with E-state index in [-0.39, 0.29) is 23.2 Å². The van der Waals surface area contributed by atoms with Crippen molar-refractivity contribution in [3.63, 3.8) is 0 Å². The normalized spacial score (nSPS) is 18.8. The van der Waals surface area contributed by atoms with Gasteiger partial charge in [-0.1, -0.05) is 18.7 Å². The van der Waals surface area contributed by atoms with Crippen LogP contribution in [0.25, 0.3) is 0 Å². The van der Waals surface area contributed by atoms with Gasteiger partial charge in [0.1, 0.15) is 23.4 Å². The number of aromatic hydroxyl groups is 3. The second-order valence-corrected chi connectivity index (χ2v) is 6.89. The number of phenols is 3. The molecule has 0 bridgehead atoms. The Morgan fingerprint density at radius 3 is 2.50 bits per heavy atom. The zero-order chi connectivity index (χ0) is 19.0. The van der Waals surface area contributed by atoms with Gasteiger partial charge in [-0.15, -0.1) is 0 Å². The molecule has 2 aromatic rings. The number of carbonyl (C=O) groups excluding carboxylic acids is 1. The van der Waals surface area contributed by atoms with Crippen LogP contribution in [0.4, 0.5) is 0 Å². The molecular weight excluding hydrogens is 332 g/mol. The van der Waals surface area contributed by atoms with Gasteiger partial charge < -0.3 is 20.1 Å². The third kappa shape index (κ3) is 3.38. The summed E-state index contributed by atoms with van der Waals surface area (Å²) in [6.45, 7) is 7.03. The van der Waals surface area contributed by atoms with Crippen LogP contribution in [0, 0.1) is 6.92 Å². The number of fused-ring (bicyclic) bond motifs is 1. The van der Waals surface area contributed by atoms with Crippen molar-refractivity contribution in [1.29, 1.82) is 0 Å². The lowest BCUT2D eigenvalue weighted by atomic mass is 9.77. The molecule has 1 aliphatic carbocycles. The van der Waals surface area contributed by atoms with Crippen LogP contribution in [0.5, 0.6) is 17.2 Å². The Balaban J connectivity index is 2.03. The van der Waals surface area contributed by atoms with E-state index < -0.39 is 12.1 Å². The Labute approximate surface area is 152 Å². The number of benzene rings is 2. The number of hydrogen-bond acceptors (Lipinski definition) is 5. The smallest absolute Gasteiger partial charge is 0.333 e. The van der Waals surface area contributed by atoms with Gasteiger partial charge in [0, 0.05) is 29.5 Å². The Morgan fingerprint density at radius 2 is 1.85 bits per heavy atom. The van der Waals surface area contributed by atoms with E-state index in [1.54, 1.807) is 19.1 Å². The van der Waals surface area contributed by atoms with Gasteiger partial charge in [-0.2, -0.15) is 0 Å². The van der Waals surface area contributed by atoms with Crippen LogP contribution < -0.4 is 0 Å². The lowest BCUT2D eigenvalue weighted by Gasteiger charge is -2.33. The highest BCUT2D eigenvalue weighted by Gasteiger charge is 2.34. The van der Waals surface area contributed by atoms with E-state index in [1.807, 2.05) is 19.1 Å². The topological polar surface area (TPSA) is 87.0 Å². The lowest BCUT2D eigenvalue weighted by Crippen LogP contribution is -2.33. The van der Waals surface area contributed by atoms with Gasteiger partial charge in [0.25, 0.3) is 0 Å². The van der Waals surface area contributed by atoms with Crippen molar-refractivity contribution in [2.45, 2.75) is 38.7 Å². The first-order chi connectivity index (χ1) is 12.3. The van der Waals surface area contributed by atoms with Crippen LogP contribution in [-0.2, 0) is 22.4 Å². The van der Waals surface area contributed by atoms with E-state index >= 15 is 0 Å². The van der Waals surface area contributed by atoms with Gasteiger partial charge in [-0.3, -0.25) is 0 Å². The maximum absolute atomic E-state index is 12.1. The molecule has 1 aliphatic rings. The van der Waals surface area contributed by atoms with Crippen LogP contribution in [-0.4, -0.2) is 27.4 Å². The Kier molecular flexibility index (Phi) is 4.64. The first-order valence-electron chi connectivity index (χ1n) is 8.46. The first kappa shape index (κ1) is 17.9. The van der Waals surface area contributed by atoms with Crippen molar-refractivity contribution >= 4 is 5.97 Å². The average Bonchev–Trinajstić information content (AvgIpc) is 2.57. The minimum atomic E-state index is -0.480. The van der Waals surface area contributed by atoms with Gasteiger partial charge in [0.15, 0.2) is 0 Å². The zero-order valence-electron chi connectivity index (χ0n) is 14.8. The molecule has 0 heterocycles. The molecule has 5 nitrogen and oxygen atoms in total. The molecule has 3 N–H and O–H groups in total. The van der Waals surface area contributed by atoms with Crippen molar-refractivity contribution in [2.75, 3.05) is 0 Å². The summed E-state index contributed by atoms with van der Waals surface area (Å²) in [6.07, 6.45) is 0.354. The molecule has 3 rings (SSSR count). The monoisotopic (exact) mass is 354 g/mol. The fraction of sp³-hybridized carbons (Fsp3) is 0.286. The summed E-state index contributed by atoms with van der Waals surface area (Å²) in [5.74, 6) is -0.435. The summed E-state index contributed by atoms with van der Waals surface area (Å²) >= 11 is 0. The predicted octanol–water partition coefficient (Wildman–Crippen LogP) is 3.48. The fourth-order valence-electron chi connectivity index (χ4n) is 3.43. The standard InChI is InChI=1S/C21H22O5/c1-11(2)21(25)26-20-10-16-14(7-15(22)9-19(16)24)8-17(20)13-4-5-18(23)12(3)6-13/h4-7,9,17,20,22-24H,1,8,10H2,2-3H3. The molecule has 0 spiro atoms. The minimum absolute atomic E-state index is 0.000678. The molecule has 0 amide bonds. The molecule has 0 aromatic heterocycles. The van der Waals surface area contributed by atoms with Gasteiger partial charge in [-0.05, 0) is 49.1 Å². The van der Waals surface area contributed by atoms with E-state index in [1.165, 1.54) is 6.07 Å².